The first-order valence-electron chi connectivity index (χ1n) is 4.10. The van der Waals surface area contributed by atoms with E-state index >= 15 is 0 Å². The molecule has 1 rings (SSSR count). The molecule has 0 heterocycles. The van der Waals surface area contributed by atoms with Crippen LogP contribution >= 0.6 is 15.9 Å². The molecule has 0 aromatic heterocycles. The van der Waals surface area contributed by atoms with E-state index in [0.29, 0.717) is 0 Å². The molecule has 0 spiro atoms. The van der Waals surface area contributed by atoms with Gasteiger partial charge in [-0.1, -0.05) is 34.1 Å². The second kappa shape index (κ2) is 4.46. The Hall–Kier alpha value is -0.560. The summed E-state index contributed by atoms with van der Waals surface area (Å²) in [6, 6.07) is 6.46. The summed E-state index contributed by atoms with van der Waals surface area (Å²) >= 11 is 3.54. The lowest BCUT2D eigenvalue weighted by molar-refractivity contribution is 0.995. The molecule has 0 N–H and O–H groups in total. The van der Waals surface area contributed by atoms with Crippen LogP contribution in [0, 0.1) is 6.92 Å². The quantitative estimate of drug-likeness (QED) is 0.685. The van der Waals surface area contributed by atoms with Gasteiger partial charge < -0.3 is 0 Å². The number of rotatable bonds is 3. The summed E-state index contributed by atoms with van der Waals surface area (Å²) in [7, 11) is 0. The number of halogens is 1. The number of allylic oxidation sites excluding steroid dienone is 1. The molecule has 0 atom stereocenters. The minimum atomic E-state index is 1.04. The fourth-order valence-corrected chi connectivity index (χ4v) is 1.80. The van der Waals surface area contributed by atoms with Crippen LogP contribution in [0.4, 0.5) is 0 Å². The average Bonchev–Trinajstić information content (AvgIpc) is 2.03. The van der Waals surface area contributed by atoms with E-state index in [1.54, 1.807) is 0 Å². The van der Waals surface area contributed by atoms with Gasteiger partial charge in [0, 0.05) is 4.47 Å². The summed E-state index contributed by atoms with van der Waals surface area (Å²) in [5, 5.41) is 0. The van der Waals surface area contributed by atoms with Crippen LogP contribution in [0.25, 0.3) is 0 Å². The van der Waals surface area contributed by atoms with Crippen LogP contribution in [-0.2, 0) is 6.42 Å². The van der Waals surface area contributed by atoms with Crippen molar-refractivity contribution in [2.24, 2.45) is 0 Å². The van der Waals surface area contributed by atoms with Crippen LogP contribution in [0.3, 0.4) is 0 Å². The summed E-state index contributed by atoms with van der Waals surface area (Å²) in [5.74, 6) is 0. The molecule has 0 saturated carbocycles. The van der Waals surface area contributed by atoms with E-state index in [-0.39, 0.29) is 0 Å². The Labute approximate surface area is 82.4 Å². The van der Waals surface area contributed by atoms with E-state index in [9.17, 15) is 0 Å². The first kappa shape index (κ1) is 9.53. The molecular formula is C11H13Br. The third kappa shape index (κ3) is 2.49. The van der Waals surface area contributed by atoms with Gasteiger partial charge in [-0.05, 0) is 37.0 Å². The maximum Gasteiger partial charge on any atom is 0.0210 e. The van der Waals surface area contributed by atoms with Crippen molar-refractivity contribution in [2.45, 2.75) is 19.8 Å². The highest BCUT2D eigenvalue weighted by Crippen LogP contribution is 2.19. The van der Waals surface area contributed by atoms with Crippen LogP contribution < -0.4 is 0 Å². The molecule has 12 heavy (non-hydrogen) atoms. The summed E-state index contributed by atoms with van der Waals surface area (Å²) < 4.78 is 1.21. The molecule has 0 unspecified atom stereocenters. The fraction of sp³-hybridized carbons (Fsp3) is 0.273. The van der Waals surface area contributed by atoms with E-state index in [2.05, 4.69) is 47.6 Å². The Morgan fingerprint density at radius 3 is 2.83 bits per heavy atom. The van der Waals surface area contributed by atoms with Crippen molar-refractivity contribution in [2.75, 3.05) is 0 Å². The molecule has 1 aromatic rings. The van der Waals surface area contributed by atoms with E-state index in [0.717, 1.165) is 12.8 Å². The zero-order chi connectivity index (χ0) is 8.97. The average molecular weight is 225 g/mol. The molecule has 0 saturated heterocycles. The first-order valence-corrected chi connectivity index (χ1v) is 4.89. The normalized spacial score (nSPS) is 9.83. The molecule has 0 aliphatic carbocycles. The van der Waals surface area contributed by atoms with Gasteiger partial charge in [-0.3, -0.25) is 0 Å². The van der Waals surface area contributed by atoms with Gasteiger partial charge in [0.15, 0.2) is 0 Å². The Kier molecular flexibility index (Phi) is 3.54. The molecule has 0 amide bonds. The number of aryl methyl sites for hydroxylation is 2. The van der Waals surface area contributed by atoms with E-state index in [4.69, 9.17) is 0 Å². The summed E-state index contributed by atoms with van der Waals surface area (Å²) in [6.07, 6.45) is 4.07. The maximum absolute atomic E-state index is 3.71. The van der Waals surface area contributed by atoms with Gasteiger partial charge in [-0.15, -0.1) is 6.58 Å². The second-order valence-electron chi connectivity index (χ2n) is 2.92. The molecule has 0 fully saturated rings. The summed E-state index contributed by atoms with van der Waals surface area (Å²) in [4.78, 5) is 0. The zero-order valence-electron chi connectivity index (χ0n) is 7.31. The highest BCUT2D eigenvalue weighted by molar-refractivity contribution is 9.10. The van der Waals surface area contributed by atoms with Gasteiger partial charge in [-0.2, -0.15) is 0 Å². The van der Waals surface area contributed by atoms with Gasteiger partial charge in [-0.25, -0.2) is 0 Å². The smallest absolute Gasteiger partial charge is 0.0210 e. The van der Waals surface area contributed by atoms with E-state index in [1.165, 1.54) is 15.6 Å². The van der Waals surface area contributed by atoms with Crippen LogP contribution in [0.5, 0.6) is 0 Å². The molecule has 0 radical (unpaired) electrons. The van der Waals surface area contributed by atoms with E-state index < -0.39 is 0 Å². The highest BCUT2D eigenvalue weighted by Gasteiger charge is 1.97. The Balaban J connectivity index is 2.78. The lowest BCUT2D eigenvalue weighted by Crippen LogP contribution is -1.85. The van der Waals surface area contributed by atoms with Gasteiger partial charge in [0.2, 0.25) is 0 Å². The molecule has 0 aliphatic heterocycles. The second-order valence-corrected chi connectivity index (χ2v) is 3.78. The predicted octanol–water partition coefficient (Wildman–Crippen LogP) is 3.88. The third-order valence-electron chi connectivity index (χ3n) is 1.83. The van der Waals surface area contributed by atoms with Crippen LogP contribution in [0.2, 0.25) is 0 Å². The van der Waals surface area contributed by atoms with Crippen molar-refractivity contribution in [3.8, 4) is 0 Å². The fourth-order valence-electron chi connectivity index (χ4n) is 1.11. The largest absolute Gasteiger partial charge is 0.103 e. The van der Waals surface area contributed by atoms with Crippen molar-refractivity contribution >= 4 is 15.9 Å². The maximum atomic E-state index is 3.71. The number of benzene rings is 1. The van der Waals surface area contributed by atoms with Crippen LogP contribution in [-0.4, -0.2) is 0 Å². The summed E-state index contributed by atoms with van der Waals surface area (Å²) in [5.41, 5.74) is 2.66. The Morgan fingerprint density at radius 1 is 1.50 bits per heavy atom. The van der Waals surface area contributed by atoms with Crippen molar-refractivity contribution in [1.82, 2.24) is 0 Å². The summed E-state index contributed by atoms with van der Waals surface area (Å²) in [6.45, 7) is 5.81. The lowest BCUT2D eigenvalue weighted by Gasteiger charge is -2.02. The van der Waals surface area contributed by atoms with Crippen LogP contribution in [0.1, 0.15) is 17.5 Å². The zero-order valence-corrected chi connectivity index (χ0v) is 8.89. The third-order valence-corrected chi connectivity index (χ3v) is 2.56. The molecular weight excluding hydrogens is 212 g/mol. The molecule has 64 valence electrons. The minimum Gasteiger partial charge on any atom is -0.103 e. The van der Waals surface area contributed by atoms with Crippen molar-refractivity contribution in [3.63, 3.8) is 0 Å². The van der Waals surface area contributed by atoms with Gasteiger partial charge in [0.25, 0.3) is 0 Å². The monoisotopic (exact) mass is 224 g/mol. The standard InChI is InChI=1S/C11H13Br/c1-3-4-5-10-7-6-9(2)8-11(10)12/h3,6-8H,1,4-5H2,2H3. The SMILES string of the molecule is C=CCCc1ccc(C)cc1Br. The Morgan fingerprint density at radius 2 is 2.25 bits per heavy atom. The lowest BCUT2D eigenvalue weighted by atomic mass is 10.1. The van der Waals surface area contributed by atoms with Crippen LogP contribution in [0.15, 0.2) is 35.3 Å². The molecule has 0 aliphatic rings. The molecule has 1 aromatic carbocycles. The molecule has 1 heteroatoms. The van der Waals surface area contributed by atoms with E-state index in [1.807, 2.05) is 6.08 Å². The van der Waals surface area contributed by atoms with Crippen molar-refractivity contribution in [1.29, 1.82) is 0 Å². The Bertz CT molecular complexity index is 276. The van der Waals surface area contributed by atoms with Gasteiger partial charge in [0.05, 0.1) is 0 Å². The minimum absolute atomic E-state index is 1.04. The van der Waals surface area contributed by atoms with Gasteiger partial charge in [0.1, 0.15) is 0 Å². The topological polar surface area (TPSA) is 0 Å². The highest BCUT2D eigenvalue weighted by atomic mass is 79.9. The number of hydrogen-bond acceptors (Lipinski definition) is 0. The molecule has 0 bridgehead atoms. The molecule has 0 nitrogen and oxygen atoms in total. The van der Waals surface area contributed by atoms with Crippen molar-refractivity contribution in [3.05, 3.63) is 46.5 Å². The first-order chi connectivity index (χ1) is 5.74. The number of hydrogen-bond donors (Lipinski definition) is 0. The predicted molar refractivity (Wildman–Crippen MR) is 57.4 cm³/mol. The van der Waals surface area contributed by atoms with Gasteiger partial charge >= 0.3 is 0 Å². The van der Waals surface area contributed by atoms with Crippen molar-refractivity contribution < 1.29 is 0 Å².